The number of rotatable bonds is 12. The number of hydrogen-bond acceptors (Lipinski definition) is 1. The van der Waals surface area contributed by atoms with Crippen LogP contribution < -0.4 is 0 Å². The van der Waals surface area contributed by atoms with Crippen molar-refractivity contribution in [3.63, 3.8) is 0 Å². The quantitative estimate of drug-likeness (QED) is 0.334. The van der Waals surface area contributed by atoms with E-state index in [0.29, 0.717) is 0 Å². The molecule has 1 aromatic rings. The molecule has 0 bridgehead atoms. The molecule has 0 aromatic carbocycles. The van der Waals surface area contributed by atoms with E-state index in [1.807, 2.05) is 0 Å². The van der Waals surface area contributed by atoms with Crippen LogP contribution in [-0.2, 0) is 12.8 Å². The Labute approximate surface area is 187 Å². The summed E-state index contributed by atoms with van der Waals surface area (Å²) in [5, 5.41) is 0. The Morgan fingerprint density at radius 2 is 1.17 bits per heavy atom. The zero-order valence-electron chi connectivity index (χ0n) is 20.2. The molecule has 0 radical (unpaired) electrons. The van der Waals surface area contributed by atoms with Crippen LogP contribution in [0.2, 0.25) is 0 Å². The van der Waals surface area contributed by atoms with Crippen LogP contribution in [0.5, 0.6) is 0 Å². The van der Waals surface area contributed by atoms with Gasteiger partial charge in [0, 0.05) is 11.9 Å². The molecular weight excluding hydrogens is 362 g/mol. The molecule has 0 spiro atoms. The van der Waals surface area contributed by atoms with Crippen molar-refractivity contribution in [3.05, 3.63) is 29.6 Å². The highest BCUT2D eigenvalue weighted by molar-refractivity contribution is 5.14. The SMILES string of the molecule is CCCCc1ccc(CC[C@H]2CC[C@H](CC[C@H]3CC[C@H](CCCC)CC3)CC2)nc1. The molecule has 0 atom stereocenters. The Bertz CT molecular complexity index is 546. The first-order valence-electron chi connectivity index (χ1n) is 13.7. The van der Waals surface area contributed by atoms with E-state index >= 15 is 0 Å². The van der Waals surface area contributed by atoms with Gasteiger partial charge in [0.2, 0.25) is 0 Å². The van der Waals surface area contributed by atoms with E-state index in [9.17, 15) is 0 Å². The van der Waals surface area contributed by atoms with Crippen LogP contribution in [-0.4, -0.2) is 4.98 Å². The van der Waals surface area contributed by atoms with E-state index in [1.165, 1.54) is 127 Å². The molecule has 170 valence electrons. The van der Waals surface area contributed by atoms with Gasteiger partial charge in [0.05, 0.1) is 0 Å². The van der Waals surface area contributed by atoms with Crippen LogP contribution in [0.3, 0.4) is 0 Å². The number of unbranched alkanes of at least 4 members (excludes halogenated alkanes) is 2. The summed E-state index contributed by atoms with van der Waals surface area (Å²) in [6, 6.07) is 4.60. The fraction of sp³-hybridized carbons (Fsp3) is 0.828. The Kier molecular flexibility index (Phi) is 10.7. The topological polar surface area (TPSA) is 12.9 Å². The van der Waals surface area contributed by atoms with Gasteiger partial charge in [-0.1, -0.05) is 110 Å². The predicted octanol–water partition coefficient (Wildman–Crippen LogP) is 8.94. The van der Waals surface area contributed by atoms with Gasteiger partial charge in [-0.05, 0) is 61.0 Å². The Balaban J connectivity index is 1.25. The van der Waals surface area contributed by atoms with Gasteiger partial charge < -0.3 is 0 Å². The molecule has 30 heavy (non-hydrogen) atoms. The minimum absolute atomic E-state index is 0.955. The van der Waals surface area contributed by atoms with Gasteiger partial charge in [0.25, 0.3) is 0 Å². The van der Waals surface area contributed by atoms with Gasteiger partial charge in [-0.25, -0.2) is 0 Å². The molecule has 0 aliphatic heterocycles. The summed E-state index contributed by atoms with van der Waals surface area (Å²) in [6.07, 6.45) is 27.9. The van der Waals surface area contributed by atoms with Crippen molar-refractivity contribution < 1.29 is 0 Å². The molecule has 0 saturated heterocycles. The van der Waals surface area contributed by atoms with Crippen molar-refractivity contribution in [1.82, 2.24) is 4.98 Å². The maximum Gasteiger partial charge on any atom is 0.0403 e. The van der Waals surface area contributed by atoms with Crippen molar-refractivity contribution in [1.29, 1.82) is 0 Å². The van der Waals surface area contributed by atoms with E-state index in [1.54, 1.807) is 0 Å². The van der Waals surface area contributed by atoms with Crippen LogP contribution in [0, 0.1) is 23.7 Å². The third-order valence-electron chi connectivity index (χ3n) is 8.40. The average molecular weight is 412 g/mol. The smallest absolute Gasteiger partial charge is 0.0403 e. The van der Waals surface area contributed by atoms with E-state index in [0.717, 1.165) is 23.7 Å². The molecule has 1 aromatic heterocycles. The second-order valence-corrected chi connectivity index (χ2v) is 10.8. The van der Waals surface area contributed by atoms with E-state index in [2.05, 4.69) is 32.2 Å². The summed E-state index contributed by atoms with van der Waals surface area (Å²) in [6.45, 7) is 4.60. The highest BCUT2D eigenvalue weighted by Crippen LogP contribution is 2.38. The zero-order valence-corrected chi connectivity index (χ0v) is 20.2. The molecule has 2 aliphatic rings. The minimum Gasteiger partial charge on any atom is -0.261 e. The molecule has 1 heteroatoms. The maximum atomic E-state index is 4.73. The molecule has 1 heterocycles. The highest BCUT2D eigenvalue weighted by atomic mass is 14.7. The molecule has 2 saturated carbocycles. The number of aryl methyl sites for hydroxylation is 2. The van der Waals surface area contributed by atoms with Crippen molar-refractivity contribution in [2.45, 2.75) is 129 Å². The first-order chi connectivity index (χ1) is 14.8. The predicted molar refractivity (Wildman–Crippen MR) is 131 cm³/mol. The number of pyridine rings is 1. The van der Waals surface area contributed by atoms with Crippen molar-refractivity contribution in [2.24, 2.45) is 23.7 Å². The monoisotopic (exact) mass is 411 g/mol. The first-order valence-corrected chi connectivity index (χ1v) is 13.7. The third kappa shape index (κ3) is 8.35. The number of aromatic nitrogens is 1. The van der Waals surface area contributed by atoms with Crippen LogP contribution in [0.1, 0.15) is 128 Å². The summed E-state index contributed by atoms with van der Waals surface area (Å²) >= 11 is 0. The summed E-state index contributed by atoms with van der Waals surface area (Å²) < 4.78 is 0. The highest BCUT2D eigenvalue weighted by Gasteiger charge is 2.24. The molecule has 0 amide bonds. The van der Waals surface area contributed by atoms with Gasteiger partial charge in [-0.3, -0.25) is 4.98 Å². The van der Waals surface area contributed by atoms with E-state index in [-0.39, 0.29) is 0 Å². The Hall–Kier alpha value is -0.850. The van der Waals surface area contributed by atoms with Gasteiger partial charge in [0.1, 0.15) is 0 Å². The molecule has 3 rings (SSSR count). The Morgan fingerprint density at radius 3 is 1.67 bits per heavy atom. The summed E-state index contributed by atoms with van der Waals surface area (Å²) in [4.78, 5) is 4.73. The summed E-state index contributed by atoms with van der Waals surface area (Å²) in [5.41, 5.74) is 2.72. The zero-order chi connectivity index (χ0) is 21.0. The standard InChI is InChI=1S/C29H49N/c1-3-5-7-24-9-11-25(12-10-24)13-14-26-15-17-27(18-16-26)19-21-29-22-20-28(23-30-29)8-6-4-2/h20,22-27H,3-19,21H2,1-2H3/t24-,25-,26-,27-. The lowest BCUT2D eigenvalue weighted by Gasteiger charge is -2.32. The lowest BCUT2D eigenvalue weighted by atomic mass is 9.74. The number of nitrogens with zero attached hydrogens (tertiary/aromatic N) is 1. The van der Waals surface area contributed by atoms with Gasteiger partial charge >= 0.3 is 0 Å². The summed E-state index contributed by atoms with van der Waals surface area (Å²) in [7, 11) is 0. The van der Waals surface area contributed by atoms with Gasteiger partial charge in [0.15, 0.2) is 0 Å². The van der Waals surface area contributed by atoms with Crippen molar-refractivity contribution in [2.75, 3.05) is 0 Å². The first kappa shape index (κ1) is 23.8. The fourth-order valence-corrected chi connectivity index (χ4v) is 6.07. The fourth-order valence-electron chi connectivity index (χ4n) is 6.07. The van der Waals surface area contributed by atoms with Crippen molar-refractivity contribution in [3.8, 4) is 0 Å². The largest absolute Gasteiger partial charge is 0.261 e. The normalized spacial score (nSPS) is 27.3. The molecule has 1 nitrogen and oxygen atoms in total. The van der Waals surface area contributed by atoms with Crippen molar-refractivity contribution >= 4 is 0 Å². The number of hydrogen-bond donors (Lipinski definition) is 0. The van der Waals surface area contributed by atoms with Crippen LogP contribution in [0.15, 0.2) is 18.3 Å². The van der Waals surface area contributed by atoms with Crippen LogP contribution in [0.25, 0.3) is 0 Å². The van der Waals surface area contributed by atoms with E-state index < -0.39 is 0 Å². The van der Waals surface area contributed by atoms with Gasteiger partial charge in [-0.15, -0.1) is 0 Å². The summed E-state index contributed by atoms with van der Waals surface area (Å²) in [5.74, 6) is 4.12. The van der Waals surface area contributed by atoms with Gasteiger partial charge in [-0.2, -0.15) is 0 Å². The van der Waals surface area contributed by atoms with E-state index in [4.69, 9.17) is 4.98 Å². The molecule has 0 unspecified atom stereocenters. The third-order valence-corrected chi connectivity index (χ3v) is 8.40. The maximum absolute atomic E-state index is 4.73. The van der Waals surface area contributed by atoms with Crippen LogP contribution >= 0.6 is 0 Å². The molecule has 2 fully saturated rings. The Morgan fingerprint density at radius 1 is 0.633 bits per heavy atom. The molecule has 0 N–H and O–H groups in total. The minimum atomic E-state index is 0.955. The lowest BCUT2D eigenvalue weighted by molar-refractivity contribution is 0.208. The second kappa shape index (κ2) is 13.5. The lowest BCUT2D eigenvalue weighted by Crippen LogP contribution is -2.18. The average Bonchev–Trinajstić information content (AvgIpc) is 2.80. The van der Waals surface area contributed by atoms with Crippen LogP contribution in [0.4, 0.5) is 0 Å². The molecular formula is C29H49N. The molecule has 2 aliphatic carbocycles. The second-order valence-electron chi connectivity index (χ2n) is 10.8.